The molecule has 0 aliphatic heterocycles. The van der Waals surface area contributed by atoms with Crippen molar-refractivity contribution in [1.29, 1.82) is 0 Å². The van der Waals surface area contributed by atoms with Gasteiger partial charge in [0.1, 0.15) is 0 Å². The average Bonchev–Trinajstić information content (AvgIpc) is 3.59. The number of nitrogens with zero attached hydrogens (tertiary/aromatic N) is 3. The zero-order chi connectivity index (χ0) is 35.2. The molecule has 8 rings (SSSR count). The maximum absolute atomic E-state index is 5.80. The fourth-order valence-corrected chi connectivity index (χ4v) is 6.19. The molecule has 0 spiro atoms. The summed E-state index contributed by atoms with van der Waals surface area (Å²) in [6.45, 7) is 17.1. The number of aromatic nitrogens is 3. The second kappa shape index (κ2) is 14.3. The molecule has 1 radical (unpaired) electrons. The molecule has 0 saturated heterocycles. The van der Waals surface area contributed by atoms with Crippen LogP contribution in [0.15, 0.2) is 108 Å². The van der Waals surface area contributed by atoms with Gasteiger partial charge < -0.3 is 9.40 Å². The average molecular weight is 844 g/mol. The molecule has 51 heavy (non-hydrogen) atoms. The fraction of sp³-hybridized carbons (Fsp3) is 0.196. The van der Waals surface area contributed by atoms with E-state index in [9.17, 15) is 0 Å². The van der Waals surface area contributed by atoms with Gasteiger partial charge in [-0.05, 0) is 60.0 Å². The molecular weight excluding hydrogens is 803 g/mol. The van der Waals surface area contributed by atoms with Crippen molar-refractivity contribution in [3.05, 3.63) is 149 Å². The maximum atomic E-state index is 5.80. The first kappa shape index (κ1) is 35.9. The van der Waals surface area contributed by atoms with Gasteiger partial charge >= 0.3 is 0 Å². The third kappa shape index (κ3) is 7.28. The molecule has 0 N–H and O–H groups in total. The van der Waals surface area contributed by atoms with Crippen molar-refractivity contribution in [2.45, 2.75) is 60.8 Å². The molecule has 4 heterocycles. The van der Waals surface area contributed by atoms with Gasteiger partial charge in [0.15, 0.2) is 0 Å². The van der Waals surface area contributed by atoms with Crippen molar-refractivity contribution < 1.29 is 24.5 Å². The van der Waals surface area contributed by atoms with Crippen LogP contribution in [0.2, 0.25) is 0 Å². The van der Waals surface area contributed by atoms with E-state index in [1.165, 1.54) is 44.2 Å². The van der Waals surface area contributed by atoms with Gasteiger partial charge in [-0.2, -0.15) is 0 Å². The summed E-state index contributed by atoms with van der Waals surface area (Å²) < 4.78 is 5.80. The third-order valence-corrected chi connectivity index (χ3v) is 9.52. The number of pyridine rings is 3. The molecule has 4 aromatic carbocycles. The minimum absolute atomic E-state index is 0. The Morgan fingerprint density at radius 3 is 2.18 bits per heavy atom. The molecule has 0 aliphatic rings. The van der Waals surface area contributed by atoms with Crippen LogP contribution < -0.4 is 0 Å². The predicted molar refractivity (Wildman–Crippen MR) is 207 cm³/mol. The third-order valence-electron chi connectivity index (χ3n) is 9.52. The maximum Gasteiger partial charge on any atom is 0.0847 e. The molecule has 0 aliphatic carbocycles. The van der Waals surface area contributed by atoms with Crippen LogP contribution in [0, 0.1) is 46.8 Å². The minimum Gasteiger partial charge on any atom is -0.506 e. The van der Waals surface area contributed by atoms with Crippen LogP contribution >= 0.6 is 0 Å². The standard InChI is InChI=1S/C31H25N2O.C15H16N.Ir/c1-19-8-10-24-20(16-19)6-5-7-23(24)22-9-12-27(32-18-22)26-17-21-14-15-34-30(21)29-25(26)11-13-28(33-29)31(2,3)4;1-10-5-6-14(7-11(10)2)15-8-12(3)13(4)9-16-15;/h5-16,18H,1-4H3;5,7-9H,1-4H3;/q2*-1;. The molecular formula is C46H41IrN3O-2. The number of fused-ring (bicyclic) bond motifs is 4. The van der Waals surface area contributed by atoms with Crippen LogP contribution in [0.25, 0.3) is 66.3 Å². The molecule has 0 atom stereocenters. The molecule has 0 bridgehead atoms. The molecule has 257 valence electrons. The van der Waals surface area contributed by atoms with Crippen LogP contribution in [0.1, 0.15) is 54.3 Å². The van der Waals surface area contributed by atoms with Gasteiger partial charge in [0.05, 0.1) is 5.58 Å². The quantitative estimate of drug-likeness (QED) is 0.166. The van der Waals surface area contributed by atoms with Crippen LogP contribution in [0.3, 0.4) is 0 Å². The van der Waals surface area contributed by atoms with Crippen molar-refractivity contribution in [3.63, 3.8) is 0 Å². The van der Waals surface area contributed by atoms with E-state index < -0.39 is 0 Å². The summed E-state index contributed by atoms with van der Waals surface area (Å²) in [5.41, 5.74) is 15.1. The molecule has 0 saturated carbocycles. The van der Waals surface area contributed by atoms with Crippen molar-refractivity contribution in [1.82, 2.24) is 15.0 Å². The summed E-state index contributed by atoms with van der Waals surface area (Å²) in [5.74, 6) is 0. The Morgan fingerprint density at radius 2 is 1.45 bits per heavy atom. The first-order chi connectivity index (χ1) is 24.0. The van der Waals surface area contributed by atoms with E-state index in [1.807, 2.05) is 24.5 Å². The van der Waals surface area contributed by atoms with Gasteiger partial charge in [-0.3, -0.25) is 9.97 Å². The summed E-state index contributed by atoms with van der Waals surface area (Å²) in [6.07, 6.45) is 5.59. The molecule has 4 nitrogen and oxygen atoms in total. The van der Waals surface area contributed by atoms with E-state index in [-0.39, 0.29) is 25.5 Å². The molecule has 4 aromatic heterocycles. The van der Waals surface area contributed by atoms with E-state index in [1.54, 1.807) is 6.26 Å². The largest absolute Gasteiger partial charge is 0.506 e. The Labute approximate surface area is 314 Å². The van der Waals surface area contributed by atoms with E-state index in [4.69, 9.17) is 14.4 Å². The Balaban J connectivity index is 0.000000222. The monoisotopic (exact) mass is 844 g/mol. The zero-order valence-electron chi connectivity index (χ0n) is 30.4. The second-order valence-corrected chi connectivity index (χ2v) is 14.3. The summed E-state index contributed by atoms with van der Waals surface area (Å²) in [4.78, 5) is 14.3. The van der Waals surface area contributed by atoms with Crippen molar-refractivity contribution >= 4 is 32.6 Å². The zero-order valence-corrected chi connectivity index (χ0v) is 32.8. The molecule has 0 fully saturated rings. The Kier molecular flexibility index (Phi) is 10.1. The van der Waals surface area contributed by atoms with Gasteiger partial charge in [0.25, 0.3) is 0 Å². The van der Waals surface area contributed by atoms with Crippen LogP contribution in [-0.2, 0) is 25.5 Å². The second-order valence-electron chi connectivity index (χ2n) is 14.3. The molecule has 0 unspecified atom stereocenters. The number of furan rings is 1. The summed E-state index contributed by atoms with van der Waals surface area (Å²) in [7, 11) is 0. The number of benzene rings is 4. The van der Waals surface area contributed by atoms with Crippen molar-refractivity contribution in [3.8, 4) is 33.6 Å². The minimum atomic E-state index is -0.0519. The number of rotatable bonds is 3. The number of hydrogen-bond donors (Lipinski definition) is 0. The number of aryl methyl sites for hydroxylation is 5. The summed E-state index contributed by atoms with van der Waals surface area (Å²) >= 11 is 0. The van der Waals surface area contributed by atoms with E-state index in [0.717, 1.165) is 55.6 Å². The van der Waals surface area contributed by atoms with E-state index in [0.29, 0.717) is 0 Å². The predicted octanol–water partition coefficient (Wildman–Crippen LogP) is 12.0. The normalized spacial score (nSPS) is 11.4. The van der Waals surface area contributed by atoms with Gasteiger partial charge in [-0.1, -0.05) is 129 Å². The van der Waals surface area contributed by atoms with E-state index in [2.05, 4.69) is 145 Å². The summed E-state index contributed by atoms with van der Waals surface area (Å²) in [6, 6.07) is 36.5. The Bertz CT molecular complexity index is 2470. The smallest absolute Gasteiger partial charge is 0.0847 e. The van der Waals surface area contributed by atoms with Gasteiger partial charge in [-0.15, -0.1) is 41.0 Å². The SMILES string of the molecule is Cc1c[c-]c(-c2cc(C)c(C)cn2)cc1C.Cc1ccc2c(-c3ccc(-c4[c-]c5ccoc5c5nc(C(C)(C)C)ccc45)nc3)cccc2c1.[Ir]. The van der Waals surface area contributed by atoms with Crippen LogP contribution in [0.4, 0.5) is 0 Å². The topological polar surface area (TPSA) is 51.8 Å². The van der Waals surface area contributed by atoms with E-state index >= 15 is 0 Å². The molecule has 5 heteroatoms. The Morgan fingerprint density at radius 1 is 0.686 bits per heavy atom. The van der Waals surface area contributed by atoms with Crippen LogP contribution in [0.5, 0.6) is 0 Å². The Hall–Kier alpha value is -4.96. The van der Waals surface area contributed by atoms with Gasteiger partial charge in [0, 0.05) is 61.1 Å². The first-order valence-corrected chi connectivity index (χ1v) is 17.1. The fourth-order valence-electron chi connectivity index (χ4n) is 6.19. The van der Waals surface area contributed by atoms with Gasteiger partial charge in [0.2, 0.25) is 0 Å². The van der Waals surface area contributed by atoms with Gasteiger partial charge in [-0.25, -0.2) is 0 Å². The van der Waals surface area contributed by atoms with Crippen molar-refractivity contribution in [2.75, 3.05) is 0 Å². The number of hydrogen-bond acceptors (Lipinski definition) is 4. The van der Waals surface area contributed by atoms with Crippen LogP contribution in [-0.4, -0.2) is 15.0 Å². The van der Waals surface area contributed by atoms with Crippen molar-refractivity contribution in [2.24, 2.45) is 0 Å². The molecule has 8 aromatic rings. The summed E-state index contributed by atoms with van der Waals surface area (Å²) in [5, 5.41) is 4.39. The first-order valence-electron chi connectivity index (χ1n) is 17.1. The molecule has 0 amide bonds.